The highest BCUT2D eigenvalue weighted by atomic mass is 35.5. The number of hydrogen-bond donors (Lipinski definition) is 1. The number of amides is 1. The molecule has 1 heterocycles. The minimum atomic E-state index is -0.316. The van der Waals surface area contributed by atoms with E-state index in [-0.39, 0.29) is 5.91 Å². The van der Waals surface area contributed by atoms with E-state index in [1.54, 1.807) is 30.3 Å². The van der Waals surface area contributed by atoms with Crippen molar-refractivity contribution in [3.63, 3.8) is 0 Å². The van der Waals surface area contributed by atoms with Gasteiger partial charge in [0.15, 0.2) is 5.58 Å². The van der Waals surface area contributed by atoms with Crippen molar-refractivity contribution in [1.29, 1.82) is 0 Å². The number of nitrogens with zero attached hydrogens (tertiary/aromatic N) is 1. The van der Waals surface area contributed by atoms with Gasteiger partial charge in [-0.3, -0.25) is 4.79 Å². The molecule has 0 fully saturated rings. The molecule has 0 spiro atoms. The summed E-state index contributed by atoms with van der Waals surface area (Å²) < 4.78 is 11.1. The Morgan fingerprint density at radius 3 is 2.77 bits per heavy atom. The van der Waals surface area contributed by atoms with Crippen LogP contribution < -0.4 is 10.1 Å². The minimum Gasteiger partial charge on any atom is -0.495 e. The first kappa shape index (κ1) is 21.0. The molecule has 1 amide bonds. The van der Waals surface area contributed by atoms with Crippen LogP contribution in [0.3, 0.4) is 0 Å². The number of benzene rings is 3. The number of rotatable bonds is 5. The lowest BCUT2D eigenvalue weighted by molar-refractivity contribution is -0.111. The number of oxazole rings is 1. The van der Waals surface area contributed by atoms with Crippen molar-refractivity contribution >= 4 is 52.0 Å². The Bertz CT molecular complexity index is 1310. The zero-order chi connectivity index (χ0) is 22.0. The van der Waals surface area contributed by atoms with Gasteiger partial charge >= 0.3 is 0 Å². The Morgan fingerprint density at radius 1 is 1.13 bits per heavy atom. The van der Waals surface area contributed by atoms with E-state index in [1.165, 1.54) is 13.2 Å². The highest BCUT2D eigenvalue weighted by molar-refractivity contribution is 6.36. The molecule has 1 N–H and O–H groups in total. The summed E-state index contributed by atoms with van der Waals surface area (Å²) in [7, 11) is 1.51. The van der Waals surface area contributed by atoms with Crippen LogP contribution in [-0.2, 0) is 4.79 Å². The number of ether oxygens (including phenoxy) is 1. The van der Waals surface area contributed by atoms with E-state index in [0.717, 1.165) is 16.6 Å². The summed E-state index contributed by atoms with van der Waals surface area (Å²) in [6, 6.07) is 16.4. The van der Waals surface area contributed by atoms with Crippen LogP contribution in [-0.4, -0.2) is 18.0 Å². The van der Waals surface area contributed by atoms with Gasteiger partial charge in [0.1, 0.15) is 11.3 Å². The fourth-order valence-corrected chi connectivity index (χ4v) is 3.75. The summed E-state index contributed by atoms with van der Waals surface area (Å²) in [6.45, 7) is 2.00. The molecule has 0 bridgehead atoms. The molecule has 3 aromatic carbocycles. The molecule has 0 unspecified atom stereocenters. The second-order valence-corrected chi connectivity index (χ2v) is 7.75. The van der Waals surface area contributed by atoms with Crippen LogP contribution in [0.4, 0.5) is 5.69 Å². The predicted molar refractivity (Wildman–Crippen MR) is 125 cm³/mol. The molecule has 7 heteroatoms. The van der Waals surface area contributed by atoms with Crippen LogP contribution in [0.15, 0.2) is 65.1 Å². The lowest BCUT2D eigenvalue weighted by atomic mass is 10.1. The van der Waals surface area contributed by atoms with Crippen molar-refractivity contribution in [3.05, 3.63) is 81.8 Å². The first-order valence-corrected chi connectivity index (χ1v) is 10.2. The zero-order valence-corrected chi connectivity index (χ0v) is 18.3. The number of aromatic nitrogens is 1. The average Bonchev–Trinajstić information content (AvgIpc) is 3.15. The van der Waals surface area contributed by atoms with E-state index in [1.807, 2.05) is 37.3 Å². The highest BCUT2D eigenvalue weighted by Gasteiger charge is 2.10. The summed E-state index contributed by atoms with van der Waals surface area (Å²) in [5.74, 6) is 0.623. The highest BCUT2D eigenvalue weighted by Crippen LogP contribution is 2.33. The molecule has 31 heavy (non-hydrogen) atoms. The van der Waals surface area contributed by atoms with Gasteiger partial charge in [-0.1, -0.05) is 35.3 Å². The van der Waals surface area contributed by atoms with Crippen molar-refractivity contribution in [3.8, 4) is 17.2 Å². The third kappa shape index (κ3) is 4.74. The van der Waals surface area contributed by atoms with Crippen LogP contribution in [0.1, 0.15) is 11.1 Å². The van der Waals surface area contributed by atoms with Crippen LogP contribution >= 0.6 is 23.2 Å². The Morgan fingerprint density at radius 2 is 1.97 bits per heavy atom. The largest absolute Gasteiger partial charge is 0.495 e. The molecule has 156 valence electrons. The summed E-state index contributed by atoms with van der Waals surface area (Å²) >= 11 is 12.2. The summed E-state index contributed by atoms with van der Waals surface area (Å²) in [5, 5.41) is 3.65. The van der Waals surface area contributed by atoms with Gasteiger partial charge in [0.25, 0.3) is 0 Å². The van der Waals surface area contributed by atoms with Crippen molar-refractivity contribution in [2.24, 2.45) is 0 Å². The van der Waals surface area contributed by atoms with Crippen molar-refractivity contribution < 1.29 is 13.9 Å². The van der Waals surface area contributed by atoms with Crippen molar-refractivity contribution in [2.45, 2.75) is 6.92 Å². The maximum absolute atomic E-state index is 12.4. The van der Waals surface area contributed by atoms with Crippen molar-refractivity contribution in [2.75, 3.05) is 12.4 Å². The summed E-state index contributed by atoms with van der Waals surface area (Å²) in [5.41, 5.74) is 4.60. The zero-order valence-electron chi connectivity index (χ0n) is 16.8. The van der Waals surface area contributed by atoms with Crippen LogP contribution in [0, 0.1) is 6.92 Å². The van der Waals surface area contributed by atoms with E-state index in [9.17, 15) is 4.79 Å². The second kappa shape index (κ2) is 8.84. The number of fused-ring (bicyclic) bond motifs is 1. The molecule has 0 atom stereocenters. The summed E-state index contributed by atoms with van der Waals surface area (Å²) in [6.07, 6.45) is 2.98. The molecule has 0 saturated heterocycles. The average molecular weight is 453 g/mol. The second-order valence-electron chi connectivity index (χ2n) is 6.90. The molecular formula is C24H18Cl2N2O3. The monoisotopic (exact) mass is 452 g/mol. The van der Waals surface area contributed by atoms with E-state index in [0.29, 0.717) is 38.5 Å². The standard InChI is InChI=1S/C24H18Cl2N2O3/c1-14-6-8-21-20(10-14)28-24(31-21)16-4-3-5-18(12-16)27-22(29)9-7-15-11-17(25)13-19(26)23(15)30-2/h3-13H,1-2H3,(H,27,29)/b9-7+. The molecule has 0 aliphatic carbocycles. The number of halogens is 2. The quantitative estimate of drug-likeness (QED) is 0.339. The van der Waals surface area contributed by atoms with Crippen LogP contribution in [0.5, 0.6) is 5.75 Å². The SMILES string of the molecule is COc1c(Cl)cc(Cl)cc1/C=C/C(=O)Nc1cccc(-c2nc3cc(C)ccc3o2)c1. The molecule has 4 rings (SSSR count). The fourth-order valence-electron chi connectivity index (χ4n) is 3.16. The Balaban J connectivity index is 1.54. The van der Waals surface area contributed by atoms with Crippen LogP contribution in [0.25, 0.3) is 28.6 Å². The molecule has 0 aliphatic heterocycles. The van der Waals surface area contributed by atoms with Gasteiger partial charge in [-0.15, -0.1) is 0 Å². The number of aryl methyl sites for hydroxylation is 1. The fraction of sp³-hybridized carbons (Fsp3) is 0.0833. The number of methoxy groups -OCH3 is 1. The third-order valence-corrected chi connectivity index (χ3v) is 5.07. The smallest absolute Gasteiger partial charge is 0.248 e. The van der Waals surface area contributed by atoms with E-state index < -0.39 is 0 Å². The molecule has 0 saturated carbocycles. The number of carbonyl (C=O) groups excluding carboxylic acids is 1. The van der Waals surface area contributed by atoms with E-state index in [4.69, 9.17) is 32.4 Å². The maximum atomic E-state index is 12.4. The lowest BCUT2D eigenvalue weighted by Gasteiger charge is -2.08. The Labute approximate surface area is 189 Å². The van der Waals surface area contributed by atoms with Gasteiger partial charge in [0.05, 0.1) is 12.1 Å². The van der Waals surface area contributed by atoms with Gasteiger partial charge in [0, 0.05) is 27.9 Å². The normalized spacial score (nSPS) is 11.2. The molecule has 0 radical (unpaired) electrons. The third-order valence-electron chi connectivity index (χ3n) is 4.58. The first-order valence-electron chi connectivity index (χ1n) is 9.42. The predicted octanol–water partition coefficient (Wildman–Crippen LogP) is 6.77. The number of hydrogen-bond acceptors (Lipinski definition) is 4. The summed E-state index contributed by atoms with van der Waals surface area (Å²) in [4.78, 5) is 17.0. The molecule has 1 aromatic heterocycles. The Kier molecular flexibility index (Phi) is 5.98. The molecule has 4 aromatic rings. The number of carbonyl (C=O) groups is 1. The lowest BCUT2D eigenvalue weighted by Crippen LogP contribution is -2.07. The van der Waals surface area contributed by atoms with Gasteiger partial charge in [0.2, 0.25) is 11.8 Å². The first-order chi connectivity index (χ1) is 14.9. The van der Waals surface area contributed by atoms with Gasteiger partial charge in [-0.2, -0.15) is 0 Å². The molecule has 0 aliphatic rings. The van der Waals surface area contributed by atoms with Gasteiger partial charge in [-0.05, 0) is 61.0 Å². The van der Waals surface area contributed by atoms with E-state index in [2.05, 4.69) is 10.3 Å². The van der Waals surface area contributed by atoms with Gasteiger partial charge < -0.3 is 14.5 Å². The number of anilines is 1. The van der Waals surface area contributed by atoms with Gasteiger partial charge in [-0.25, -0.2) is 4.98 Å². The topological polar surface area (TPSA) is 64.4 Å². The van der Waals surface area contributed by atoms with E-state index >= 15 is 0 Å². The Hall–Kier alpha value is -3.28. The molecule has 5 nitrogen and oxygen atoms in total. The number of nitrogens with one attached hydrogen (secondary N) is 1. The molecular weight excluding hydrogens is 435 g/mol. The van der Waals surface area contributed by atoms with Crippen LogP contribution in [0.2, 0.25) is 10.0 Å². The van der Waals surface area contributed by atoms with Crippen molar-refractivity contribution in [1.82, 2.24) is 4.98 Å². The maximum Gasteiger partial charge on any atom is 0.248 e. The minimum absolute atomic E-state index is 0.316.